The lowest BCUT2D eigenvalue weighted by molar-refractivity contribution is 0.811. The predicted molar refractivity (Wildman–Crippen MR) is 59.1 cm³/mol. The molecule has 0 unspecified atom stereocenters. The van der Waals surface area contributed by atoms with Crippen LogP contribution in [0.4, 0.5) is 0 Å². The van der Waals surface area contributed by atoms with Crippen molar-refractivity contribution in [1.29, 1.82) is 5.26 Å². The van der Waals surface area contributed by atoms with E-state index in [1.54, 1.807) is 6.20 Å². The number of nitriles is 1. The van der Waals surface area contributed by atoms with Crippen LogP contribution in [0.3, 0.4) is 0 Å². The lowest BCUT2D eigenvalue weighted by atomic mass is 10.0. The first kappa shape index (κ1) is 12.6. The molecule has 2 heteroatoms. The molecule has 0 aliphatic carbocycles. The molecule has 0 N–H and O–H groups in total. The van der Waals surface area contributed by atoms with Gasteiger partial charge in [0.2, 0.25) is 0 Å². The van der Waals surface area contributed by atoms with Crippen molar-refractivity contribution in [1.82, 2.24) is 4.98 Å². The zero-order valence-electron chi connectivity index (χ0n) is 9.63. The summed E-state index contributed by atoms with van der Waals surface area (Å²) in [5.41, 5.74) is 2.81. The number of hydrogen-bond acceptors (Lipinski definition) is 2. The van der Waals surface area contributed by atoms with Crippen LogP contribution in [0.1, 0.15) is 50.4 Å². The van der Waals surface area contributed by atoms with Crippen LogP contribution >= 0.6 is 0 Å². The maximum atomic E-state index is 8.60. The molecule has 0 spiro atoms. The summed E-state index contributed by atoms with van der Waals surface area (Å²) in [6.07, 6.45) is 1.63. The molecule has 0 aromatic carbocycles. The highest BCUT2D eigenvalue weighted by molar-refractivity contribution is 5.33. The summed E-state index contributed by atoms with van der Waals surface area (Å²) in [6.45, 7) is 10.2. The van der Waals surface area contributed by atoms with Gasteiger partial charge in [-0.1, -0.05) is 27.7 Å². The van der Waals surface area contributed by atoms with Crippen molar-refractivity contribution in [2.45, 2.75) is 40.5 Å². The summed E-state index contributed by atoms with van der Waals surface area (Å²) in [5.74, 6) is 0.428. The van der Waals surface area contributed by atoms with Crippen molar-refractivity contribution in [3.05, 3.63) is 29.1 Å². The van der Waals surface area contributed by atoms with E-state index in [1.807, 2.05) is 26.8 Å². The zero-order valence-corrected chi connectivity index (χ0v) is 9.63. The molecule has 0 saturated carbocycles. The minimum atomic E-state index is 0.428. The summed E-state index contributed by atoms with van der Waals surface area (Å²) >= 11 is 0. The Hall–Kier alpha value is -1.36. The molecular formula is C12H18N2. The normalized spacial score (nSPS) is 8.93. The fourth-order valence-electron chi connectivity index (χ4n) is 1.25. The van der Waals surface area contributed by atoms with Crippen LogP contribution in [0.25, 0.3) is 0 Å². The van der Waals surface area contributed by atoms with Crippen molar-refractivity contribution in [2.75, 3.05) is 0 Å². The number of hydrogen-bond donors (Lipinski definition) is 0. The lowest BCUT2D eigenvalue weighted by Crippen LogP contribution is -1.96. The third-order valence-corrected chi connectivity index (χ3v) is 1.79. The molecule has 14 heavy (non-hydrogen) atoms. The summed E-state index contributed by atoms with van der Waals surface area (Å²) < 4.78 is 0. The first-order valence-electron chi connectivity index (χ1n) is 5.01. The van der Waals surface area contributed by atoms with Crippen LogP contribution in [0, 0.1) is 18.3 Å². The van der Waals surface area contributed by atoms with Crippen LogP contribution in [0.2, 0.25) is 0 Å². The van der Waals surface area contributed by atoms with E-state index in [0.29, 0.717) is 11.5 Å². The Labute approximate surface area is 86.6 Å². The van der Waals surface area contributed by atoms with E-state index in [1.165, 1.54) is 0 Å². The SMILES string of the molecule is CC.Cc1cc(C#N)cnc1C(C)C. The van der Waals surface area contributed by atoms with Gasteiger partial charge in [0.15, 0.2) is 0 Å². The van der Waals surface area contributed by atoms with Gasteiger partial charge in [-0.25, -0.2) is 0 Å². The third kappa shape index (κ3) is 3.18. The molecule has 0 radical (unpaired) electrons. The van der Waals surface area contributed by atoms with Gasteiger partial charge in [0.1, 0.15) is 6.07 Å². The Balaban J connectivity index is 0.000000791. The van der Waals surface area contributed by atoms with Gasteiger partial charge in [-0.3, -0.25) is 4.98 Å². The summed E-state index contributed by atoms with van der Waals surface area (Å²) in [5, 5.41) is 8.60. The second kappa shape index (κ2) is 6.15. The third-order valence-electron chi connectivity index (χ3n) is 1.79. The van der Waals surface area contributed by atoms with Crippen molar-refractivity contribution in [3.63, 3.8) is 0 Å². The topological polar surface area (TPSA) is 36.7 Å². The van der Waals surface area contributed by atoms with Gasteiger partial charge in [0, 0.05) is 11.9 Å². The summed E-state index contributed by atoms with van der Waals surface area (Å²) in [4.78, 5) is 4.23. The maximum absolute atomic E-state index is 8.60. The molecule has 0 bridgehead atoms. The van der Waals surface area contributed by atoms with Crippen LogP contribution in [-0.2, 0) is 0 Å². The maximum Gasteiger partial charge on any atom is 0.101 e. The molecule has 1 rings (SSSR count). The van der Waals surface area contributed by atoms with Crippen LogP contribution in [-0.4, -0.2) is 4.98 Å². The Morgan fingerprint density at radius 1 is 1.36 bits per heavy atom. The van der Waals surface area contributed by atoms with Gasteiger partial charge in [-0.05, 0) is 24.5 Å². The molecule has 0 atom stereocenters. The number of nitrogens with zero attached hydrogens (tertiary/aromatic N) is 2. The molecule has 0 aliphatic heterocycles. The number of aryl methyl sites for hydroxylation is 1. The lowest BCUT2D eigenvalue weighted by Gasteiger charge is -2.07. The number of pyridine rings is 1. The summed E-state index contributed by atoms with van der Waals surface area (Å²) in [7, 11) is 0. The quantitative estimate of drug-likeness (QED) is 0.680. The van der Waals surface area contributed by atoms with Crippen LogP contribution in [0.15, 0.2) is 12.3 Å². The highest BCUT2D eigenvalue weighted by atomic mass is 14.7. The Bertz CT molecular complexity index is 322. The van der Waals surface area contributed by atoms with Crippen LogP contribution < -0.4 is 0 Å². The Morgan fingerprint density at radius 3 is 2.29 bits per heavy atom. The zero-order chi connectivity index (χ0) is 11.1. The van der Waals surface area contributed by atoms with Gasteiger partial charge >= 0.3 is 0 Å². The molecule has 1 aromatic heterocycles. The van der Waals surface area contributed by atoms with Gasteiger partial charge < -0.3 is 0 Å². The van der Waals surface area contributed by atoms with Crippen molar-refractivity contribution >= 4 is 0 Å². The highest BCUT2D eigenvalue weighted by Crippen LogP contribution is 2.16. The number of aromatic nitrogens is 1. The molecule has 0 aliphatic rings. The molecule has 0 saturated heterocycles. The van der Waals surface area contributed by atoms with Gasteiger partial charge in [-0.15, -0.1) is 0 Å². The molecule has 1 heterocycles. The minimum absolute atomic E-state index is 0.428. The number of rotatable bonds is 1. The average Bonchev–Trinajstić information content (AvgIpc) is 2.20. The van der Waals surface area contributed by atoms with Gasteiger partial charge in [-0.2, -0.15) is 5.26 Å². The van der Waals surface area contributed by atoms with Gasteiger partial charge in [0.25, 0.3) is 0 Å². The molecule has 76 valence electrons. The van der Waals surface area contributed by atoms with Gasteiger partial charge in [0.05, 0.1) is 5.56 Å². The van der Waals surface area contributed by atoms with E-state index in [4.69, 9.17) is 5.26 Å². The first-order valence-corrected chi connectivity index (χ1v) is 5.01. The monoisotopic (exact) mass is 190 g/mol. The second-order valence-electron chi connectivity index (χ2n) is 3.19. The fourth-order valence-corrected chi connectivity index (χ4v) is 1.25. The Kier molecular flexibility index (Phi) is 5.55. The molecule has 0 amide bonds. The van der Waals surface area contributed by atoms with Crippen LogP contribution in [0.5, 0.6) is 0 Å². The highest BCUT2D eigenvalue weighted by Gasteiger charge is 2.04. The van der Waals surface area contributed by atoms with E-state index in [-0.39, 0.29) is 0 Å². The minimum Gasteiger partial charge on any atom is -0.259 e. The van der Waals surface area contributed by atoms with Crippen molar-refractivity contribution in [2.24, 2.45) is 0 Å². The molecule has 0 fully saturated rings. The molecule has 1 aromatic rings. The average molecular weight is 190 g/mol. The van der Waals surface area contributed by atoms with Crippen molar-refractivity contribution < 1.29 is 0 Å². The van der Waals surface area contributed by atoms with E-state index >= 15 is 0 Å². The van der Waals surface area contributed by atoms with E-state index in [0.717, 1.165) is 11.3 Å². The first-order chi connectivity index (χ1) is 6.65. The molecular weight excluding hydrogens is 172 g/mol. The summed E-state index contributed by atoms with van der Waals surface area (Å²) in [6, 6.07) is 3.95. The Morgan fingerprint density at radius 2 is 1.93 bits per heavy atom. The fraction of sp³-hybridized carbons (Fsp3) is 0.500. The standard InChI is InChI=1S/C10H12N2.C2H6/c1-7(2)10-8(3)4-9(5-11)6-12-10;1-2/h4,6-7H,1-3H3;1-2H3. The van der Waals surface area contributed by atoms with E-state index in [2.05, 4.69) is 24.9 Å². The van der Waals surface area contributed by atoms with E-state index in [9.17, 15) is 0 Å². The predicted octanol–water partition coefficient (Wildman–Crippen LogP) is 3.41. The molecule has 2 nitrogen and oxygen atoms in total. The second-order valence-corrected chi connectivity index (χ2v) is 3.19. The largest absolute Gasteiger partial charge is 0.259 e. The smallest absolute Gasteiger partial charge is 0.101 e. The van der Waals surface area contributed by atoms with E-state index < -0.39 is 0 Å². The van der Waals surface area contributed by atoms with Crippen molar-refractivity contribution in [3.8, 4) is 6.07 Å².